The van der Waals surface area contributed by atoms with Gasteiger partial charge in [-0.3, -0.25) is 9.52 Å². The number of nitrogens with one attached hydrogen (secondary N) is 1. The molecule has 1 saturated heterocycles. The van der Waals surface area contributed by atoms with Crippen LogP contribution in [-0.4, -0.2) is 39.4 Å². The highest BCUT2D eigenvalue weighted by atomic mass is 32.2. The number of methoxy groups -OCH3 is 1. The van der Waals surface area contributed by atoms with Gasteiger partial charge in [0, 0.05) is 13.1 Å². The molecule has 0 atom stereocenters. The first kappa shape index (κ1) is 22.2. The molecule has 0 aliphatic carbocycles. The van der Waals surface area contributed by atoms with Gasteiger partial charge in [0.15, 0.2) is 0 Å². The average Bonchev–Trinajstić information content (AvgIpc) is 3.02. The highest BCUT2D eigenvalue weighted by molar-refractivity contribution is 7.92. The molecule has 1 heterocycles. The fourth-order valence-corrected chi connectivity index (χ4v) is 4.85. The number of benzene rings is 2. The van der Waals surface area contributed by atoms with Crippen LogP contribution in [0.4, 0.5) is 5.69 Å². The summed E-state index contributed by atoms with van der Waals surface area (Å²) >= 11 is 0. The maximum absolute atomic E-state index is 13.1. The second-order valence-corrected chi connectivity index (χ2v) is 9.60. The van der Waals surface area contributed by atoms with Crippen molar-refractivity contribution in [3.8, 4) is 5.75 Å². The van der Waals surface area contributed by atoms with Gasteiger partial charge in [-0.2, -0.15) is 0 Å². The number of anilines is 1. The van der Waals surface area contributed by atoms with Gasteiger partial charge >= 0.3 is 0 Å². The van der Waals surface area contributed by atoms with Gasteiger partial charge in [-0.05, 0) is 54.7 Å². The molecule has 0 aromatic heterocycles. The Morgan fingerprint density at radius 3 is 2.33 bits per heavy atom. The van der Waals surface area contributed by atoms with Crippen molar-refractivity contribution in [2.75, 3.05) is 24.9 Å². The van der Waals surface area contributed by atoms with E-state index in [1.165, 1.54) is 6.07 Å². The monoisotopic (exact) mass is 430 g/mol. The summed E-state index contributed by atoms with van der Waals surface area (Å²) in [6, 6.07) is 11.6. The molecule has 0 bridgehead atoms. The smallest absolute Gasteiger partial charge is 0.261 e. The quantitative estimate of drug-likeness (QED) is 0.725. The highest BCUT2D eigenvalue weighted by Crippen LogP contribution is 2.30. The van der Waals surface area contributed by atoms with E-state index in [1.807, 2.05) is 18.7 Å². The number of para-hydroxylation sites is 1. The summed E-state index contributed by atoms with van der Waals surface area (Å²) < 4.78 is 34.2. The molecule has 7 heteroatoms. The molecule has 2 aromatic rings. The number of nitrogens with zero attached hydrogens (tertiary/aromatic N) is 1. The van der Waals surface area contributed by atoms with Crippen LogP contribution in [0.25, 0.3) is 0 Å². The SMILES string of the molecule is COc1ccc(S(=O)(=O)Nc2ccccc2C(=O)N2CCCCCC2)cc1C(C)C. The largest absolute Gasteiger partial charge is 0.496 e. The predicted octanol–water partition coefficient (Wildman–Crippen LogP) is 4.64. The number of likely N-dealkylation sites (tertiary alicyclic amines) is 1. The van der Waals surface area contributed by atoms with Crippen LogP contribution in [0.5, 0.6) is 5.75 Å². The molecule has 0 spiro atoms. The standard InChI is InChI=1S/C23H30N2O4S/c1-17(2)20-16-18(12-13-22(20)29-3)30(27,28)24-21-11-7-6-10-19(21)23(26)25-14-8-4-5-9-15-25/h6-7,10-13,16-17,24H,4-5,8-9,14-15H2,1-3H3. The zero-order valence-electron chi connectivity index (χ0n) is 17.8. The van der Waals surface area contributed by atoms with Crippen molar-refractivity contribution in [3.05, 3.63) is 53.6 Å². The van der Waals surface area contributed by atoms with Gasteiger partial charge in [-0.15, -0.1) is 0 Å². The lowest BCUT2D eigenvalue weighted by atomic mass is 10.0. The Kier molecular flexibility index (Phi) is 7.02. The highest BCUT2D eigenvalue weighted by Gasteiger charge is 2.23. The number of carbonyl (C=O) groups excluding carboxylic acids is 1. The maximum atomic E-state index is 13.1. The van der Waals surface area contributed by atoms with Gasteiger partial charge in [0.1, 0.15) is 5.75 Å². The van der Waals surface area contributed by atoms with E-state index < -0.39 is 10.0 Å². The number of hydrogen-bond donors (Lipinski definition) is 1. The second kappa shape index (κ2) is 9.51. The number of carbonyl (C=O) groups is 1. The van der Waals surface area contributed by atoms with Crippen molar-refractivity contribution >= 4 is 21.6 Å². The van der Waals surface area contributed by atoms with E-state index in [0.717, 1.165) is 31.2 Å². The van der Waals surface area contributed by atoms with E-state index in [0.29, 0.717) is 30.1 Å². The van der Waals surface area contributed by atoms with Gasteiger partial charge in [0.25, 0.3) is 15.9 Å². The van der Waals surface area contributed by atoms with Gasteiger partial charge in [0.05, 0.1) is 23.3 Å². The Balaban J connectivity index is 1.91. The third-order valence-electron chi connectivity index (χ3n) is 5.43. The molecule has 30 heavy (non-hydrogen) atoms. The van der Waals surface area contributed by atoms with E-state index in [1.54, 1.807) is 43.5 Å². The van der Waals surface area contributed by atoms with Gasteiger partial charge in [0.2, 0.25) is 0 Å². The van der Waals surface area contributed by atoms with E-state index >= 15 is 0 Å². The Morgan fingerprint density at radius 1 is 1.03 bits per heavy atom. The third kappa shape index (κ3) is 4.95. The zero-order chi connectivity index (χ0) is 21.7. The zero-order valence-corrected chi connectivity index (χ0v) is 18.7. The van der Waals surface area contributed by atoms with Crippen LogP contribution in [-0.2, 0) is 10.0 Å². The normalized spacial score (nSPS) is 15.0. The van der Waals surface area contributed by atoms with Gasteiger partial charge in [-0.25, -0.2) is 8.42 Å². The topological polar surface area (TPSA) is 75.7 Å². The number of hydrogen-bond acceptors (Lipinski definition) is 4. The number of rotatable bonds is 6. The second-order valence-electron chi connectivity index (χ2n) is 7.92. The predicted molar refractivity (Wildman–Crippen MR) is 119 cm³/mol. The van der Waals surface area contributed by atoms with Crippen LogP contribution >= 0.6 is 0 Å². The fourth-order valence-electron chi connectivity index (χ4n) is 3.74. The lowest BCUT2D eigenvalue weighted by molar-refractivity contribution is 0.0762. The number of amides is 1. The van der Waals surface area contributed by atoms with Gasteiger partial charge in [-0.1, -0.05) is 38.8 Å². The molecule has 162 valence electrons. The lowest BCUT2D eigenvalue weighted by Gasteiger charge is -2.22. The molecule has 1 N–H and O–H groups in total. The molecule has 1 aliphatic heterocycles. The van der Waals surface area contributed by atoms with E-state index in [2.05, 4.69) is 4.72 Å². The van der Waals surface area contributed by atoms with Gasteiger partial charge < -0.3 is 9.64 Å². The first-order chi connectivity index (χ1) is 14.3. The van der Waals surface area contributed by atoms with Crippen LogP contribution in [0, 0.1) is 0 Å². The van der Waals surface area contributed by atoms with Crippen molar-refractivity contribution in [2.45, 2.75) is 50.3 Å². The Labute approximate surface area is 179 Å². The molecule has 1 fully saturated rings. The number of sulfonamides is 1. The summed E-state index contributed by atoms with van der Waals surface area (Å²) in [6.45, 7) is 5.37. The van der Waals surface area contributed by atoms with Crippen LogP contribution < -0.4 is 9.46 Å². The summed E-state index contributed by atoms with van der Waals surface area (Å²) in [4.78, 5) is 15.1. The molecule has 0 radical (unpaired) electrons. The number of ether oxygens (including phenoxy) is 1. The summed E-state index contributed by atoms with van der Waals surface area (Å²) in [6.07, 6.45) is 4.19. The molecular formula is C23H30N2O4S. The molecule has 0 saturated carbocycles. The van der Waals surface area contributed by atoms with Crippen LogP contribution in [0.2, 0.25) is 0 Å². The molecule has 6 nitrogen and oxygen atoms in total. The third-order valence-corrected chi connectivity index (χ3v) is 6.79. The van der Waals surface area contributed by atoms with E-state index in [-0.39, 0.29) is 16.7 Å². The van der Waals surface area contributed by atoms with Crippen LogP contribution in [0.3, 0.4) is 0 Å². The summed E-state index contributed by atoms with van der Waals surface area (Å²) in [5.41, 5.74) is 1.49. The van der Waals surface area contributed by atoms with E-state index in [4.69, 9.17) is 4.74 Å². The van der Waals surface area contributed by atoms with Crippen molar-refractivity contribution in [2.24, 2.45) is 0 Å². The Morgan fingerprint density at radius 2 is 1.70 bits per heavy atom. The Bertz CT molecular complexity index is 994. The first-order valence-electron chi connectivity index (χ1n) is 10.4. The molecule has 0 unspecified atom stereocenters. The average molecular weight is 431 g/mol. The summed E-state index contributed by atoms with van der Waals surface area (Å²) in [5, 5.41) is 0. The molecule has 2 aromatic carbocycles. The minimum atomic E-state index is -3.86. The van der Waals surface area contributed by atoms with Crippen molar-refractivity contribution in [3.63, 3.8) is 0 Å². The Hall–Kier alpha value is -2.54. The lowest BCUT2D eigenvalue weighted by Crippen LogP contribution is -2.32. The molecule has 3 rings (SSSR count). The summed E-state index contributed by atoms with van der Waals surface area (Å²) in [7, 11) is -2.30. The molecule has 1 amide bonds. The van der Waals surface area contributed by atoms with Crippen LogP contribution in [0.15, 0.2) is 47.4 Å². The maximum Gasteiger partial charge on any atom is 0.261 e. The van der Waals surface area contributed by atoms with Crippen molar-refractivity contribution in [1.29, 1.82) is 0 Å². The van der Waals surface area contributed by atoms with Crippen molar-refractivity contribution in [1.82, 2.24) is 4.90 Å². The summed E-state index contributed by atoms with van der Waals surface area (Å²) in [5.74, 6) is 0.625. The van der Waals surface area contributed by atoms with Crippen LogP contribution in [0.1, 0.15) is 61.4 Å². The first-order valence-corrected chi connectivity index (χ1v) is 11.9. The van der Waals surface area contributed by atoms with E-state index in [9.17, 15) is 13.2 Å². The molecule has 1 aliphatic rings. The molecular weight excluding hydrogens is 400 g/mol. The fraction of sp³-hybridized carbons (Fsp3) is 0.435. The van der Waals surface area contributed by atoms with Crippen molar-refractivity contribution < 1.29 is 17.9 Å². The minimum Gasteiger partial charge on any atom is -0.496 e. The minimum absolute atomic E-state index is 0.104.